The van der Waals surface area contributed by atoms with Crippen LogP contribution >= 0.6 is 0 Å². The summed E-state index contributed by atoms with van der Waals surface area (Å²) in [5, 5.41) is 0. The van der Waals surface area contributed by atoms with E-state index in [0.29, 0.717) is 12.0 Å². The van der Waals surface area contributed by atoms with Crippen LogP contribution in [0.15, 0.2) is 53.4 Å². The summed E-state index contributed by atoms with van der Waals surface area (Å²) in [4.78, 5) is 12.0. The molecule has 6 heteroatoms. The van der Waals surface area contributed by atoms with Crippen molar-refractivity contribution < 1.29 is 17.6 Å². The highest BCUT2D eigenvalue weighted by Crippen LogP contribution is 2.17. The van der Waals surface area contributed by atoms with Gasteiger partial charge < -0.3 is 0 Å². The van der Waals surface area contributed by atoms with Gasteiger partial charge in [0.05, 0.1) is 0 Å². The molecule has 0 atom stereocenters. The third-order valence-corrected chi connectivity index (χ3v) is 6.03. The predicted octanol–water partition coefficient (Wildman–Crippen LogP) is 5.24. The minimum atomic E-state index is -4.27. The minimum Gasteiger partial charge on any atom is -0.268 e. The average Bonchev–Trinajstić information content (AvgIpc) is 2.67. The van der Waals surface area contributed by atoms with Crippen LogP contribution < -0.4 is 4.72 Å². The molecule has 0 bridgehead atoms. The standard InChI is InChI=1S/C22H28FNO3S/c1-2-3-4-5-6-7-8-13-18-14-9-10-15-19(18)22(25)24-28(26,27)21-17-12-11-16-20(21)23/h9-12,14-17H,2-8,13H2,1H3,(H,24,25). The van der Waals surface area contributed by atoms with Crippen LogP contribution in [0.5, 0.6) is 0 Å². The summed E-state index contributed by atoms with van der Waals surface area (Å²) in [7, 11) is -4.27. The van der Waals surface area contributed by atoms with Gasteiger partial charge in [-0.25, -0.2) is 17.5 Å². The molecule has 0 aliphatic heterocycles. The van der Waals surface area contributed by atoms with Gasteiger partial charge in [-0.1, -0.05) is 75.8 Å². The Bertz CT molecular complexity index is 881. The van der Waals surface area contributed by atoms with Crippen molar-refractivity contribution in [1.29, 1.82) is 0 Å². The maximum absolute atomic E-state index is 13.8. The van der Waals surface area contributed by atoms with Crippen LogP contribution in [0.25, 0.3) is 0 Å². The minimum absolute atomic E-state index is 0.313. The van der Waals surface area contributed by atoms with Gasteiger partial charge in [-0.05, 0) is 36.6 Å². The van der Waals surface area contributed by atoms with Gasteiger partial charge in [0.2, 0.25) is 0 Å². The van der Waals surface area contributed by atoms with Crippen LogP contribution in [-0.2, 0) is 16.4 Å². The topological polar surface area (TPSA) is 63.2 Å². The molecule has 0 saturated heterocycles. The zero-order valence-electron chi connectivity index (χ0n) is 16.3. The molecule has 0 aromatic heterocycles. The molecule has 0 spiro atoms. The van der Waals surface area contributed by atoms with E-state index in [0.717, 1.165) is 37.0 Å². The van der Waals surface area contributed by atoms with Crippen LogP contribution in [0, 0.1) is 5.82 Å². The van der Waals surface area contributed by atoms with Crippen LogP contribution in [0.4, 0.5) is 4.39 Å². The first-order chi connectivity index (χ1) is 13.5. The second-order valence-electron chi connectivity index (χ2n) is 6.89. The molecule has 0 unspecified atom stereocenters. The highest BCUT2D eigenvalue weighted by Gasteiger charge is 2.23. The second-order valence-corrected chi connectivity index (χ2v) is 8.54. The summed E-state index contributed by atoms with van der Waals surface area (Å²) in [6.07, 6.45) is 8.84. The third kappa shape index (κ3) is 6.44. The molecule has 0 saturated carbocycles. The molecule has 0 fully saturated rings. The Kier molecular flexibility index (Phi) is 8.64. The Morgan fingerprint density at radius 1 is 0.893 bits per heavy atom. The molecule has 152 valence electrons. The van der Waals surface area contributed by atoms with Gasteiger partial charge in [-0.2, -0.15) is 0 Å². The van der Waals surface area contributed by atoms with Crippen molar-refractivity contribution >= 4 is 15.9 Å². The lowest BCUT2D eigenvalue weighted by atomic mass is 10.00. The fourth-order valence-electron chi connectivity index (χ4n) is 3.13. The zero-order chi connectivity index (χ0) is 20.4. The summed E-state index contributed by atoms with van der Waals surface area (Å²) >= 11 is 0. The number of unbranched alkanes of at least 4 members (excludes halogenated alkanes) is 6. The number of hydrogen-bond donors (Lipinski definition) is 1. The quantitative estimate of drug-likeness (QED) is 0.520. The van der Waals surface area contributed by atoms with Gasteiger partial charge in [0.1, 0.15) is 10.7 Å². The van der Waals surface area contributed by atoms with Crippen LogP contribution in [-0.4, -0.2) is 14.3 Å². The highest BCUT2D eigenvalue weighted by molar-refractivity contribution is 7.90. The Hall–Kier alpha value is -2.21. The van der Waals surface area contributed by atoms with Crippen molar-refractivity contribution in [2.24, 2.45) is 0 Å². The van der Waals surface area contributed by atoms with Gasteiger partial charge in [-0.3, -0.25) is 4.79 Å². The van der Waals surface area contributed by atoms with Crippen molar-refractivity contribution in [2.45, 2.75) is 63.2 Å². The molecule has 2 aromatic carbocycles. The molecular weight excluding hydrogens is 377 g/mol. The number of carbonyl (C=O) groups excluding carboxylic acids is 1. The molecular formula is C22H28FNO3S. The summed E-state index contributed by atoms with van der Waals surface area (Å²) in [6, 6.07) is 12.0. The lowest BCUT2D eigenvalue weighted by Crippen LogP contribution is -2.31. The molecule has 28 heavy (non-hydrogen) atoms. The fraction of sp³-hybridized carbons (Fsp3) is 0.409. The van der Waals surface area contributed by atoms with E-state index in [1.165, 1.54) is 37.8 Å². The summed E-state index contributed by atoms with van der Waals surface area (Å²) < 4.78 is 40.5. The largest absolute Gasteiger partial charge is 0.268 e. The maximum atomic E-state index is 13.8. The number of nitrogens with one attached hydrogen (secondary N) is 1. The van der Waals surface area contributed by atoms with Crippen molar-refractivity contribution in [1.82, 2.24) is 4.72 Å². The van der Waals surface area contributed by atoms with E-state index < -0.39 is 26.6 Å². The molecule has 0 aliphatic carbocycles. The molecule has 4 nitrogen and oxygen atoms in total. The molecule has 0 radical (unpaired) electrons. The van der Waals surface area contributed by atoms with Crippen molar-refractivity contribution in [3.8, 4) is 0 Å². The summed E-state index contributed by atoms with van der Waals surface area (Å²) in [5.74, 6) is -1.62. The van der Waals surface area contributed by atoms with Gasteiger partial charge in [0.15, 0.2) is 0 Å². The normalized spacial score (nSPS) is 11.4. The van der Waals surface area contributed by atoms with Gasteiger partial charge in [-0.15, -0.1) is 0 Å². The van der Waals surface area contributed by atoms with E-state index in [4.69, 9.17) is 0 Å². The summed E-state index contributed by atoms with van der Waals surface area (Å²) in [5.41, 5.74) is 1.12. The van der Waals surface area contributed by atoms with Crippen LogP contribution in [0.3, 0.4) is 0 Å². The van der Waals surface area contributed by atoms with E-state index in [1.54, 1.807) is 12.1 Å². The lowest BCUT2D eigenvalue weighted by Gasteiger charge is -2.11. The number of carbonyl (C=O) groups is 1. The van der Waals surface area contributed by atoms with E-state index in [1.807, 2.05) is 16.9 Å². The number of aryl methyl sites for hydroxylation is 1. The second kappa shape index (κ2) is 11.0. The Morgan fingerprint density at radius 3 is 2.21 bits per heavy atom. The number of hydrogen-bond acceptors (Lipinski definition) is 3. The van der Waals surface area contributed by atoms with Crippen LogP contribution in [0.1, 0.15) is 67.8 Å². The monoisotopic (exact) mass is 405 g/mol. The Morgan fingerprint density at radius 2 is 1.50 bits per heavy atom. The van der Waals surface area contributed by atoms with Crippen molar-refractivity contribution in [3.05, 3.63) is 65.5 Å². The fourth-order valence-corrected chi connectivity index (χ4v) is 4.17. The Balaban J connectivity index is 1.99. The maximum Gasteiger partial charge on any atom is 0.267 e. The van der Waals surface area contributed by atoms with E-state index in [-0.39, 0.29) is 0 Å². The number of sulfonamides is 1. The predicted molar refractivity (Wildman–Crippen MR) is 109 cm³/mol. The molecule has 1 N–H and O–H groups in total. The number of rotatable bonds is 11. The van der Waals surface area contributed by atoms with Crippen molar-refractivity contribution in [2.75, 3.05) is 0 Å². The molecule has 2 aromatic rings. The summed E-state index contributed by atoms with van der Waals surface area (Å²) in [6.45, 7) is 2.19. The Labute approximate surface area is 167 Å². The lowest BCUT2D eigenvalue weighted by molar-refractivity contribution is 0.0980. The third-order valence-electron chi connectivity index (χ3n) is 4.66. The van der Waals surface area contributed by atoms with Gasteiger partial charge in [0.25, 0.3) is 15.9 Å². The van der Waals surface area contributed by atoms with E-state index in [2.05, 4.69) is 6.92 Å². The molecule has 1 amide bonds. The van der Waals surface area contributed by atoms with Crippen LogP contribution in [0.2, 0.25) is 0 Å². The van der Waals surface area contributed by atoms with E-state index in [9.17, 15) is 17.6 Å². The zero-order valence-corrected chi connectivity index (χ0v) is 17.1. The van der Waals surface area contributed by atoms with Gasteiger partial charge >= 0.3 is 0 Å². The SMILES string of the molecule is CCCCCCCCCc1ccccc1C(=O)NS(=O)(=O)c1ccccc1F. The first-order valence-corrected chi connectivity index (χ1v) is 11.3. The first kappa shape index (κ1) is 22.1. The van der Waals surface area contributed by atoms with E-state index >= 15 is 0 Å². The molecule has 0 aliphatic rings. The average molecular weight is 406 g/mol. The number of benzene rings is 2. The molecule has 2 rings (SSSR count). The number of amides is 1. The van der Waals surface area contributed by atoms with Gasteiger partial charge in [0, 0.05) is 5.56 Å². The van der Waals surface area contributed by atoms with Crippen molar-refractivity contribution in [3.63, 3.8) is 0 Å². The highest BCUT2D eigenvalue weighted by atomic mass is 32.2. The number of halogens is 1. The smallest absolute Gasteiger partial charge is 0.267 e. The first-order valence-electron chi connectivity index (χ1n) is 9.85. The molecule has 0 heterocycles.